The number of para-hydroxylation sites is 2. The molecule has 0 saturated carbocycles. The molecule has 0 bridgehead atoms. The lowest BCUT2D eigenvalue weighted by Gasteiger charge is -2.12. The molecule has 1 N–H and O–H groups in total. The van der Waals surface area contributed by atoms with Crippen molar-refractivity contribution in [2.24, 2.45) is 0 Å². The summed E-state index contributed by atoms with van der Waals surface area (Å²) in [7, 11) is 0. The van der Waals surface area contributed by atoms with Crippen molar-refractivity contribution < 1.29 is 9.47 Å². The Balaban J connectivity index is 2.04. The molecular weight excluding hydrogens is 262 g/mol. The number of hydrogen-bond acceptors (Lipinski definition) is 3. The van der Waals surface area contributed by atoms with E-state index in [-0.39, 0.29) is 0 Å². The van der Waals surface area contributed by atoms with Gasteiger partial charge in [-0.2, -0.15) is 0 Å². The molecule has 0 heterocycles. The van der Waals surface area contributed by atoms with E-state index < -0.39 is 0 Å². The van der Waals surface area contributed by atoms with E-state index in [0.29, 0.717) is 6.61 Å². The Labute approximate surface area is 126 Å². The van der Waals surface area contributed by atoms with Crippen molar-refractivity contribution in [3.05, 3.63) is 54.1 Å². The van der Waals surface area contributed by atoms with E-state index in [1.165, 1.54) is 5.56 Å². The van der Waals surface area contributed by atoms with Crippen LogP contribution < -0.4 is 14.8 Å². The minimum absolute atomic E-state index is 0.696. The molecule has 3 heteroatoms. The molecule has 0 radical (unpaired) electrons. The Morgan fingerprint density at radius 1 is 0.905 bits per heavy atom. The summed E-state index contributed by atoms with van der Waals surface area (Å²) in [6, 6.07) is 15.9. The van der Waals surface area contributed by atoms with Crippen LogP contribution in [0.4, 0.5) is 0 Å². The van der Waals surface area contributed by atoms with E-state index in [0.717, 1.165) is 36.8 Å². The first-order chi connectivity index (χ1) is 10.3. The van der Waals surface area contributed by atoms with Crippen molar-refractivity contribution in [3.63, 3.8) is 0 Å². The topological polar surface area (TPSA) is 30.5 Å². The second kappa shape index (κ2) is 8.32. The van der Waals surface area contributed by atoms with Crippen LogP contribution in [0, 0.1) is 0 Å². The maximum atomic E-state index is 5.92. The lowest BCUT2D eigenvalue weighted by molar-refractivity contribution is 0.302. The van der Waals surface area contributed by atoms with Crippen LogP contribution in [0.15, 0.2) is 48.5 Å². The monoisotopic (exact) mass is 285 g/mol. The number of nitrogens with one attached hydrogen (secondary N) is 1. The fourth-order valence-corrected chi connectivity index (χ4v) is 1.94. The number of hydrogen-bond donors (Lipinski definition) is 1. The molecule has 0 aliphatic carbocycles. The molecule has 3 nitrogen and oxygen atoms in total. The average molecular weight is 285 g/mol. The summed E-state index contributed by atoms with van der Waals surface area (Å²) < 4.78 is 11.6. The lowest BCUT2D eigenvalue weighted by atomic mass is 10.2. The van der Waals surface area contributed by atoms with Crippen LogP contribution in [0.1, 0.15) is 25.8 Å². The van der Waals surface area contributed by atoms with Crippen molar-refractivity contribution in [3.8, 4) is 17.2 Å². The lowest BCUT2D eigenvalue weighted by Crippen LogP contribution is -2.11. The zero-order valence-corrected chi connectivity index (χ0v) is 12.8. The Kier molecular flexibility index (Phi) is 6.10. The van der Waals surface area contributed by atoms with Crippen LogP contribution in [-0.2, 0) is 6.54 Å². The Morgan fingerprint density at radius 3 is 2.29 bits per heavy atom. The highest BCUT2D eigenvalue weighted by molar-refractivity contribution is 5.43. The molecule has 2 aromatic carbocycles. The smallest absolute Gasteiger partial charge is 0.169 e. The van der Waals surface area contributed by atoms with Crippen LogP contribution in [-0.4, -0.2) is 13.2 Å². The molecule has 2 rings (SSSR count). The third-order valence-corrected chi connectivity index (χ3v) is 3.04. The summed E-state index contributed by atoms with van der Waals surface area (Å²) in [5.74, 6) is 2.37. The predicted octanol–water partition coefficient (Wildman–Crippen LogP) is 4.38. The first-order valence-electron chi connectivity index (χ1n) is 7.52. The van der Waals surface area contributed by atoms with Gasteiger partial charge in [0.2, 0.25) is 0 Å². The van der Waals surface area contributed by atoms with E-state index in [4.69, 9.17) is 9.47 Å². The van der Waals surface area contributed by atoms with Gasteiger partial charge >= 0.3 is 0 Å². The van der Waals surface area contributed by atoms with Gasteiger partial charge in [0.05, 0.1) is 6.61 Å². The second-order valence-corrected chi connectivity index (χ2v) is 4.82. The van der Waals surface area contributed by atoms with Crippen LogP contribution in [0.5, 0.6) is 17.2 Å². The number of benzene rings is 2. The van der Waals surface area contributed by atoms with Gasteiger partial charge in [-0.15, -0.1) is 0 Å². The summed E-state index contributed by atoms with van der Waals surface area (Å²) in [4.78, 5) is 0. The van der Waals surface area contributed by atoms with Crippen LogP contribution in [0.2, 0.25) is 0 Å². The molecule has 112 valence electrons. The maximum absolute atomic E-state index is 5.92. The number of ether oxygens (including phenoxy) is 2. The zero-order valence-electron chi connectivity index (χ0n) is 12.8. The van der Waals surface area contributed by atoms with Crippen molar-refractivity contribution in [2.75, 3.05) is 13.2 Å². The van der Waals surface area contributed by atoms with Gasteiger partial charge in [-0.3, -0.25) is 0 Å². The molecule has 0 aliphatic rings. The molecule has 0 fully saturated rings. The minimum Gasteiger partial charge on any atom is -0.490 e. The van der Waals surface area contributed by atoms with Crippen molar-refractivity contribution in [1.29, 1.82) is 0 Å². The van der Waals surface area contributed by atoms with Gasteiger partial charge in [-0.1, -0.05) is 38.1 Å². The minimum atomic E-state index is 0.696. The van der Waals surface area contributed by atoms with Crippen molar-refractivity contribution >= 4 is 0 Å². The summed E-state index contributed by atoms with van der Waals surface area (Å²) in [5.41, 5.74) is 1.25. The van der Waals surface area contributed by atoms with Gasteiger partial charge in [0.25, 0.3) is 0 Å². The van der Waals surface area contributed by atoms with Crippen LogP contribution in [0.3, 0.4) is 0 Å². The van der Waals surface area contributed by atoms with Gasteiger partial charge in [-0.05, 0) is 42.8 Å². The Bertz CT molecular complexity index is 537. The van der Waals surface area contributed by atoms with Gasteiger partial charge in [-0.25, -0.2) is 0 Å². The highest BCUT2D eigenvalue weighted by Crippen LogP contribution is 2.31. The van der Waals surface area contributed by atoms with E-state index >= 15 is 0 Å². The Hall–Kier alpha value is -2.00. The Morgan fingerprint density at radius 2 is 1.62 bits per heavy atom. The van der Waals surface area contributed by atoms with E-state index in [9.17, 15) is 0 Å². The fourth-order valence-electron chi connectivity index (χ4n) is 1.94. The maximum Gasteiger partial charge on any atom is 0.169 e. The summed E-state index contributed by atoms with van der Waals surface area (Å²) >= 11 is 0. The first kappa shape index (κ1) is 15.4. The average Bonchev–Trinajstić information content (AvgIpc) is 2.53. The number of rotatable bonds is 8. The molecule has 0 amide bonds. The normalized spacial score (nSPS) is 10.4. The third-order valence-electron chi connectivity index (χ3n) is 3.04. The van der Waals surface area contributed by atoms with Gasteiger partial charge in [0.15, 0.2) is 11.5 Å². The molecule has 0 saturated heterocycles. The van der Waals surface area contributed by atoms with Gasteiger partial charge in [0.1, 0.15) is 5.75 Å². The highest BCUT2D eigenvalue weighted by atomic mass is 16.5. The van der Waals surface area contributed by atoms with Gasteiger partial charge in [0, 0.05) is 6.54 Å². The second-order valence-electron chi connectivity index (χ2n) is 4.82. The van der Waals surface area contributed by atoms with Crippen LogP contribution in [0.25, 0.3) is 0 Å². The molecule has 0 atom stereocenters. The predicted molar refractivity (Wildman–Crippen MR) is 86.1 cm³/mol. The molecule has 2 aromatic rings. The van der Waals surface area contributed by atoms with Crippen LogP contribution >= 0.6 is 0 Å². The molecule has 21 heavy (non-hydrogen) atoms. The summed E-state index contributed by atoms with van der Waals surface area (Å²) in [6.45, 7) is 6.74. The first-order valence-corrected chi connectivity index (χ1v) is 7.52. The SMILES string of the molecule is CCCOc1ccccc1Oc1ccc(CNCC)cc1. The van der Waals surface area contributed by atoms with E-state index in [2.05, 4.69) is 31.3 Å². The molecule has 0 aromatic heterocycles. The highest BCUT2D eigenvalue weighted by Gasteiger charge is 2.05. The zero-order chi connectivity index (χ0) is 14.9. The standard InChI is InChI=1S/C18H23NO2/c1-3-13-20-17-7-5-6-8-18(17)21-16-11-9-15(10-12-16)14-19-4-2/h5-12,19H,3-4,13-14H2,1-2H3. The molecule has 0 unspecified atom stereocenters. The molecular formula is C18H23NO2. The molecule has 0 aliphatic heterocycles. The van der Waals surface area contributed by atoms with Crippen molar-refractivity contribution in [1.82, 2.24) is 5.32 Å². The quantitative estimate of drug-likeness (QED) is 0.781. The van der Waals surface area contributed by atoms with E-state index in [1.54, 1.807) is 0 Å². The summed E-state index contributed by atoms with van der Waals surface area (Å²) in [5, 5.41) is 3.31. The third kappa shape index (κ3) is 4.80. The summed E-state index contributed by atoms with van der Waals surface area (Å²) in [6.07, 6.45) is 0.980. The van der Waals surface area contributed by atoms with Gasteiger partial charge < -0.3 is 14.8 Å². The van der Waals surface area contributed by atoms with Crippen molar-refractivity contribution in [2.45, 2.75) is 26.8 Å². The largest absolute Gasteiger partial charge is 0.490 e. The molecule has 0 spiro atoms. The fraction of sp³-hybridized carbons (Fsp3) is 0.333. The van der Waals surface area contributed by atoms with E-state index in [1.807, 2.05) is 36.4 Å².